The van der Waals surface area contributed by atoms with Crippen molar-refractivity contribution < 1.29 is 24.0 Å². The molecular formula is C17H18N2O6S. The van der Waals surface area contributed by atoms with Crippen LogP contribution in [0.4, 0.5) is 10.7 Å². The van der Waals surface area contributed by atoms with Crippen molar-refractivity contribution >= 4 is 33.9 Å². The highest BCUT2D eigenvalue weighted by Crippen LogP contribution is 2.33. The number of hydrogen-bond donors (Lipinski definition) is 1. The van der Waals surface area contributed by atoms with Gasteiger partial charge in [0.1, 0.15) is 10.8 Å². The monoisotopic (exact) mass is 378 g/mol. The van der Waals surface area contributed by atoms with Crippen LogP contribution in [0.1, 0.15) is 27.7 Å². The lowest BCUT2D eigenvalue weighted by Gasteiger charge is -2.08. The number of esters is 1. The van der Waals surface area contributed by atoms with Gasteiger partial charge < -0.3 is 14.8 Å². The lowest BCUT2D eigenvalue weighted by Crippen LogP contribution is -2.21. The van der Waals surface area contributed by atoms with Gasteiger partial charge in [0.15, 0.2) is 6.61 Å². The third kappa shape index (κ3) is 4.57. The van der Waals surface area contributed by atoms with E-state index in [1.807, 2.05) is 6.92 Å². The first-order valence-corrected chi connectivity index (χ1v) is 8.59. The third-order valence-corrected chi connectivity index (χ3v) is 4.64. The molecule has 1 amide bonds. The van der Waals surface area contributed by atoms with E-state index in [0.29, 0.717) is 10.6 Å². The normalized spacial score (nSPS) is 10.3. The number of nitrogens with one attached hydrogen (secondary N) is 1. The van der Waals surface area contributed by atoms with Crippen molar-refractivity contribution in [3.05, 3.63) is 50.4 Å². The number of thiophene rings is 1. The number of nitro benzene ring substituents is 1. The molecule has 0 fully saturated rings. The van der Waals surface area contributed by atoms with E-state index in [9.17, 15) is 19.7 Å². The molecule has 0 saturated heterocycles. The highest BCUT2D eigenvalue weighted by molar-refractivity contribution is 7.16. The van der Waals surface area contributed by atoms with Gasteiger partial charge in [-0.15, -0.1) is 11.3 Å². The summed E-state index contributed by atoms with van der Waals surface area (Å²) in [6, 6.07) is 5.55. The van der Waals surface area contributed by atoms with Gasteiger partial charge in [0.05, 0.1) is 23.2 Å². The summed E-state index contributed by atoms with van der Waals surface area (Å²) in [7, 11) is 0. The number of non-ortho nitro benzene ring substituents is 1. The minimum Gasteiger partial charge on any atom is -0.484 e. The lowest BCUT2D eigenvalue weighted by atomic mass is 10.1. The van der Waals surface area contributed by atoms with E-state index in [1.54, 1.807) is 13.8 Å². The lowest BCUT2D eigenvalue weighted by molar-refractivity contribution is -0.384. The van der Waals surface area contributed by atoms with Gasteiger partial charge in [-0.05, 0) is 32.4 Å². The Labute approximate surface area is 153 Å². The molecule has 1 N–H and O–H groups in total. The Morgan fingerprint density at radius 3 is 2.69 bits per heavy atom. The summed E-state index contributed by atoms with van der Waals surface area (Å²) >= 11 is 1.27. The van der Waals surface area contributed by atoms with E-state index in [2.05, 4.69) is 5.32 Å². The Balaban J connectivity index is 2.06. The van der Waals surface area contributed by atoms with E-state index in [1.165, 1.54) is 35.6 Å². The van der Waals surface area contributed by atoms with Crippen LogP contribution in [-0.4, -0.2) is 30.0 Å². The SMILES string of the molecule is CCOC(=O)c1c(NC(=O)COc2cccc([N+](=O)[O-])c2)sc(C)c1C. The highest BCUT2D eigenvalue weighted by Gasteiger charge is 2.22. The zero-order chi connectivity index (χ0) is 19.3. The third-order valence-electron chi connectivity index (χ3n) is 3.52. The van der Waals surface area contributed by atoms with Crippen LogP contribution in [0.15, 0.2) is 24.3 Å². The molecule has 8 nitrogen and oxygen atoms in total. The van der Waals surface area contributed by atoms with Crippen molar-refractivity contribution in [3.63, 3.8) is 0 Å². The fourth-order valence-electron chi connectivity index (χ4n) is 2.16. The summed E-state index contributed by atoms with van der Waals surface area (Å²) in [4.78, 5) is 35.3. The quantitative estimate of drug-likeness (QED) is 0.449. The maximum atomic E-state index is 12.1. The standard InChI is InChI=1S/C17H18N2O6S/c1-4-24-17(21)15-10(2)11(3)26-16(15)18-14(20)9-25-13-7-5-6-12(8-13)19(22)23/h5-8H,4,9H2,1-3H3,(H,18,20). The average Bonchev–Trinajstić information content (AvgIpc) is 2.87. The van der Waals surface area contributed by atoms with Crippen molar-refractivity contribution in [2.75, 3.05) is 18.5 Å². The summed E-state index contributed by atoms with van der Waals surface area (Å²) in [5, 5.41) is 13.8. The number of carbonyl (C=O) groups is 2. The van der Waals surface area contributed by atoms with Gasteiger partial charge >= 0.3 is 5.97 Å². The van der Waals surface area contributed by atoms with Crippen molar-refractivity contribution in [1.29, 1.82) is 0 Å². The van der Waals surface area contributed by atoms with Gasteiger partial charge in [0.2, 0.25) is 0 Å². The van der Waals surface area contributed by atoms with Crippen LogP contribution in [0.2, 0.25) is 0 Å². The van der Waals surface area contributed by atoms with Crippen LogP contribution >= 0.6 is 11.3 Å². The molecule has 2 rings (SSSR count). The van der Waals surface area contributed by atoms with E-state index < -0.39 is 16.8 Å². The van der Waals surface area contributed by atoms with Crippen molar-refractivity contribution in [2.45, 2.75) is 20.8 Å². The first kappa shape index (κ1) is 19.4. The highest BCUT2D eigenvalue weighted by atomic mass is 32.1. The fourth-order valence-corrected chi connectivity index (χ4v) is 3.23. The van der Waals surface area contributed by atoms with Crippen LogP contribution in [-0.2, 0) is 9.53 Å². The first-order valence-electron chi connectivity index (χ1n) is 7.77. The fraction of sp³-hybridized carbons (Fsp3) is 0.294. The van der Waals surface area contributed by atoms with Crippen LogP contribution in [0.25, 0.3) is 0 Å². The molecule has 26 heavy (non-hydrogen) atoms. The second-order valence-corrected chi connectivity index (χ2v) is 6.52. The molecule has 0 bridgehead atoms. The summed E-state index contributed by atoms with van der Waals surface area (Å²) in [5.74, 6) is -0.772. The number of hydrogen-bond acceptors (Lipinski definition) is 7. The molecule has 0 unspecified atom stereocenters. The molecule has 0 radical (unpaired) electrons. The minimum absolute atomic E-state index is 0.128. The topological polar surface area (TPSA) is 108 Å². The van der Waals surface area contributed by atoms with Crippen molar-refractivity contribution in [1.82, 2.24) is 0 Å². The van der Waals surface area contributed by atoms with Crippen LogP contribution in [0, 0.1) is 24.0 Å². The smallest absolute Gasteiger partial charge is 0.341 e. The molecule has 1 heterocycles. The van der Waals surface area contributed by atoms with Gasteiger partial charge in [-0.3, -0.25) is 14.9 Å². The van der Waals surface area contributed by atoms with Gasteiger partial charge in [0.25, 0.3) is 11.6 Å². The number of aryl methyl sites for hydroxylation is 1. The number of rotatable bonds is 7. The van der Waals surface area contributed by atoms with Crippen LogP contribution in [0.5, 0.6) is 5.75 Å². The second kappa shape index (κ2) is 8.43. The van der Waals surface area contributed by atoms with Crippen LogP contribution < -0.4 is 10.1 Å². The number of nitrogens with zero attached hydrogens (tertiary/aromatic N) is 1. The zero-order valence-corrected chi connectivity index (χ0v) is 15.3. The molecule has 0 atom stereocenters. The molecule has 1 aromatic carbocycles. The number of carbonyl (C=O) groups excluding carboxylic acids is 2. The molecule has 0 aliphatic carbocycles. The van der Waals surface area contributed by atoms with Gasteiger partial charge in [-0.25, -0.2) is 4.79 Å². The first-order chi connectivity index (χ1) is 12.3. The molecule has 138 valence electrons. The van der Waals surface area contributed by atoms with Gasteiger partial charge in [0, 0.05) is 10.9 Å². The number of nitro groups is 1. The maximum Gasteiger partial charge on any atom is 0.341 e. The summed E-state index contributed by atoms with van der Waals surface area (Å²) in [6.07, 6.45) is 0. The summed E-state index contributed by atoms with van der Waals surface area (Å²) in [6.45, 7) is 5.22. The maximum absolute atomic E-state index is 12.1. The molecule has 1 aromatic heterocycles. The number of benzene rings is 1. The molecule has 2 aromatic rings. The van der Waals surface area contributed by atoms with Gasteiger partial charge in [-0.1, -0.05) is 6.07 Å². The zero-order valence-electron chi connectivity index (χ0n) is 14.5. The van der Waals surface area contributed by atoms with Crippen LogP contribution in [0.3, 0.4) is 0 Å². The Bertz CT molecular complexity index is 846. The molecular weight excluding hydrogens is 360 g/mol. The minimum atomic E-state index is -0.546. The van der Waals surface area contributed by atoms with Crippen molar-refractivity contribution in [2.24, 2.45) is 0 Å². The van der Waals surface area contributed by atoms with Gasteiger partial charge in [-0.2, -0.15) is 0 Å². The molecule has 0 spiro atoms. The van der Waals surface area contributed by atoms with E-state index in [-0.39, 0.29) is 24.7 Å². The Morgan fingerprint density at radius 1 is 1.31 bits per heavy atom. The summed E-state index contributed by atoms with van der Waals surface area (Å²) in [5.41, 5.74) is 0.957. The second-order valence-electron chi connectivity index (χ2n) is 5.30. The molecule has 0 aliphatic rings. The molecule has 0 aliphatic heterocycles. The number of ether oxygens (including phenoxy) is 2. The Morgan fingerprint density at radius 2 is 2.04 bits per heavy atom. The largest absolute Gasteiger partial charge is 0.484 e. The van der Waals surface area contributed by atoms with E-state index >= 15 is 0 Å². The van der Waals surface area contributed by atoms with Crippen molar-refractivity contribution in [3.8, 4) is 5.75 Å². The molecule has 9 heteroatoms. The molecule has 0 saturated carbocycles. The van der Waals surface area contributed by atoms with E-state index in [0.717, 1.165) is 10.4 Å². The Kier molecular flexibility index (Phi) is 6.29. The predicted molar refractivity (Wildman–Crippen MR) is 97.0 cm³/mol. The predicted octanol–water partition coefficient (Wildman–Crippen LogP) is 3.47. The average molecular weight is 378 g/mol. The number of anilines is 1. The van der Waals surface area contributed by atoms with E-state index in [4.69, 9.17) is 9.47 Å². The number of amides is 1. The Hall–Kier alpha value is -2.94. The summed E-state index contributed by atoms with van der Waals surface area (Å²) < 4.78 is 10.3.